The summed E-state index contributed by atoms with van der Waals surface area (Å²) in [7, 11) is 2.11. The Bertz CT molecular complexity index is 1090. The quantitative estimate of drug-likeness (QED) is 0.414. The van der Waals surface area contributed by atoms with Gasteiger partial charge in [-0.2, -0.15) is 26.3 Å². The summed E-state index contributed by atoms with van der Waals surface area (Å²) in [5.41, 5.74) is 2.52. The number of alkyl halides is 6. The molecule has 0 unspecified atom stereocenters. The molecule has 0 radical (unpaired) electrons. The molecule has 2 heterocycles. The van der Waals surface area contributed by atoms with Crippen LogP contribution in [0.15, 0.2) is 36.7 Å². The smallest absolute Gasteiger partial charge is 0.475 e. The summed E-state index contributed by atoms with van der Waals surface area (Å²) in [6.07, 6.45) is -4.66. The van der Waals surface area contributed by atoms with Gasteiger partial charge in [0.15, 0.2) is 0 Å². The molecule has 1 aromatic heterocycles. The molecule has 0 bridgehead atoms. The summed E-state index contributed by atoms with van der Waals surface area (Å²) in [4.78, 5) is 24.6. The molecule has 1 aromatic carbocycles. The Labute approximate surface area is 220 Å². The predicted octanol–water partition coefficient (Wildman–Crippen LogP) is 3.34. The van der Waals surface area contributed by atoms with Gasteiger partial charge in [-0.1, -0.05) is 24.3 Å². The lowest BCUT2D eigenvalue weighted by molar-refractivity contribution is -0.193. The molecule has 9 nitrogen and oxygen atoms in total. The highest BCUT2D eigenvalue weighted by Gasteiger charge is 2.52. The van der Waals surface area contributed by atoms with Gasteiger partial charge in [0.25, 0.3) is 0 Å². The van der Waals surface area contributed by atoms with Gasteiger partial charge in [0.1, 0.15) is 5.82 Å². The number of fused-ring (bicyclic) bond motifs is 2. The van der Waals surface area contributed by atoms with Crippen LogP contribution in [-0.4, -0.2) is 80.3 Å². The maximum absolute atomic E-state index is 11.4. The molecule has 218 valence electrons. The van der Waals surface area contributed by atoms with E-state index in [0.29, 0.717) is 0 Å². The van der Waals surface area contributed by atoms with Crippen LogP contribution in [-0.2, 0) is 28.1 Å². The van der Waals surface area contributed by atoms with Crippen LogP contribution in [0.2, 0.25) is 0 Å². The van der Waals surface area contributed by atoms with E-state index in [4.69, 9.17) is 19.8 Å². The first-order chi connectivity index (χ1) is 18.1. The molecule has 15 heteroatoms. The fourth-order valence-corrected chi connectivity index (χ4v) is 4.86. The molecule has 1 saturated heterocycles. The lowest BCUT2D eigenvalue weighted by atomic mass is 9.72. The number of aromatic nitrogens is 2. The SMILES string of the molecule is CCn1ccnc1CN(C)[C@@H]1c2ccccc2C2(CCNCC2)[C@H]1O.O=C(O)C(F)(F)F.O=C(O)C(F)(F)F. The van der Waals surface area contributed by atoms with Crippen LogP contribution >= 0.6 is 0 Å². The summed E-state index contributed by atoms with van der Waals surface area (Å²) in [5.74, 6) is -4.46. The summed E-state index contributed by atoms with van der Waals surface area (Å²) in [5, 5.41) is 29.1. The van der Waals surface area contributed by atoms with Crippen molar-refractivity contribution >= 4 is 11.9 Å². The third-order valence-electron chi connectivity index (χ3n) is 6.67. The first-order valence-electron chi connectivity index (χ1n) is 11.8. The Morgan fingerprint density at radius 3 is 2.08 bits per heavy atom. The van der Waals surface area contributed by atoms with Crippen molar-refractivity contribution in [3.63, 3.8) is 0 Å². The fraction of sp³-hybridized carbons (Fsp3) is 0.542. The molecule has 2 atom stereocenters. The maximum atomic E-state index is 11.4. The van der Waals surface area contributed by atoms with Gasteiger partial charge in [0.2, 0.25) is 0 Å². The second-order valence-electron chi connectivity index (χ2n) is 9.03. The second kappa shape index (κ2) is 12.8. The Morgan fingerprint density at radius 1 is 1.08 bits per heavy atom. The highest BCUT2D eigenvalue weighted by atomic mass is 19.4. The third kappa shape index (κ3) is 7.70. The van der Waals surface area contributed by atoms with E-state index >= 15 is 0 Å². The number of piperidine rings is 1. The number of imidazole rings is 1. The van der Waals surface area contributed by atoms with E-state index in [-0.39, 0.29) is 17.6 Å². The van der Waals surface area contributed by atoms with Crippen LogP contribution in [0, 0.1) is 0 Å². The zero-order valence-electron chi connectivity index (χ0n) is 21.1. The number of aliphatic hydroxyl groups is 1. The van der Waals surface area contributed by atoms with Crippen LogP contribution < -0.4 is 5.32 Å². The zero-order valence-corrected chi connectivity index (χ0v) is 21.1. The standard InChI is InChI=1S/C20H28N4O.2C2HF3O2/c1-3-24-13-12-22-17(24)14-23(2)18-15-6-4-5-7-16(15)20(19(18)25)8-10-21-11-9-20;2*3-2(4,5)1(6)7/h4-7,12-13,18-19,21,25H,3,8-11,14H2,1-2H3;2*(H,6,7)/t18-,19+;;/m1../s1. The number of nitrogens with zero attached hydrogens (tertiary/aromatic N) is 3. The molecule has 4 rings (SSSR count). The highest BCUT2D eigenvalue weighted by molar-refractivity contribution is 5.73. The zero-order chi connectivity index (χ0) is 29.6. The van der Waals surface area contributed by atoms with Gasteiger partial charge in [0.05, 0.1) is 18.7 Å². The number of aliphatic hydroxyl groups excluding tert-OH is 1. The van der Waals surface area contributed by atoms with E-state index in [2.05, 4.69) is 58.0 Å². The molecule has 39 heavy (non-hydrogen) atoms. The summed E-state index contributed by atoms with van der Waals surface area (Å²) in [6, 6.07) is 8.66. The van der Waals surface area contributed by atoms with E-state index in [1.807, 2.05) is 12.4 Å². The van der Waals surface area contributed by atoms with Crippen molar-refractivity contribution in [3.05, 3.63) is 53.6 Å². The van der Waals surface area contributed by atoms with E-state index in [9.17, 15) is 31.4 Å². The average molecular weight is 569 g/mol. The molecule has 2 aliphatic rings. The number of benzene rings is 1. The van der Waals surface area contributed by atoms with Crippen LogP contribution in [0.5, 0.6) is 0 Å². The van der Waals surface area contributed by atoms with Crippen LogP contribution in [0.25, 0.3) is 0 Å². The van der Waals surface area contributed by atoms with Crippen LogP contribution in [0.3, 0.4) is 0 Å². The lowest BCUT2D eigenvalue weighted by Crippen LogP contribution is -2.48. The molecule has 1 aliphatic carbocycles. The normalized spacial score (nSPS) is 19.9. The minimum Gasteiger partial charge on any atom is -0.475 e. The fourth-order valence-electron chi connectivity index (χ4n) is 4.86. The van der Waals surface area contributed by atoms with Gasteiger partial charge in [-0.25, -0.2) is 14.6 Å². The molecule has 1 spiro atoms. The minimum absolute atomic E-state index is 0.0244. The Morgan fingerprint density at radius 2 is 1.59 bits per heavy atom. The van der Waals surface area contributed by atoms with Gasteiger partial charge >= 0.3 is 24.3 Å². The highest BCUT2D eigenvalue weighted by Crippen LogP contribution is 2.51. The molecular formula is C24H30F6N4O5. The van der Waals surface area contributed by atoms with E-state index in [1.165, 1.54) is 11.1 Å². The number of aliphatic carboxylic acids is 2. The van der Waals surface area contributed by atoms with Crippen LogP contribution in [0.4, 0.5) is 26.3 Å². The number of carbonyl (C=O) groups is 2. The van der Waals surface area contributed by atoms with Crippen molar-refractivity contribution in [3.8, 4) is 0 Å². The van der Waals surface area contributed by atoms with Gasteiger partial charge in [-0.15, -0.1) is 0 Å². The molecule has 1 aliphatic heterocycles. The monoisotopic (exact) mass is 568 g/mol. The predicted molar refractivity (Wildman–Crippen MR) is 126 cm³/mol. The number of likely N-dealkylation sites (N-methyl/N-ethyl adjacent to an activating group) is 1. The number of hydrogen-bond acceptors (Lipinski definition) is 6. The van der Waals surface area contributed by atoms with Crippen molar-refractivity contribution < 1.29 is 51.3 Å². The molecule has 1 fully saturated rings. The number of carboxylic acid groups (broad SMARTS) is 2. The Hall–Kier alpha value is -3.17. The number of carboxylic acids is 2. The maximum Gasteiger partial charge on any atom is 0.490 e. The van der Waals surface area contributed by atoms with Crippen molar-refractivity contribution in [2.45, 2.75) is 62.8 Å². The largest absolute Gasteiger partial charge is 0.490 e. The number of halogens is 6. The summed E-state index contributed by atoms with van der Waals surface area (Å²) in [6.45, 7) is 5.74. The van der Waals surface area contributed by atoms with Crippen molar-refractivity contribution in [2.75, 3.05) is 20.1 Å². The van der Waals surface area contributed by atoms with Gasteiger partial charge in [-0.05, 0) is 51.0 Å². The van der Waals surface area contributed by atoms with Gasteiger partial charge in [-0.3, -0.25) is 4.90 Å². The summed E-state index contributed by atoms with van der Waals surface area (Å²) >= 11 is 0. The number of nitrogens with one attached hydrogen (secondary N) is 1. The topological polar surface area (TPSA) is 128 Å². The van der Waals surface area contributed by atoms with Gasteiger partial charge in [0, 0.05) is 24.4 Å². The first-order valence-corrected chi connectivity index (χ1v) is 11.8. The average Bonchev–Trinajstić information content (AvgIpc) is 3.40. The molecule has 0 saturated carbocycles. The molecular weight excluding hydrogens is 538 g/mol. The lowest BCUT2D eigenvalue weighted by Gasteiger charge is -2.40. The van der Waals surface area contributed by atoms with E-state index in [1.54, 1.807) is 0 Å². The number of aryl methyl sites for hydroxylation is 1. The second-order valence-corrected chi connectivity index (χ2v) is 9.03. The van der Waals surface area contributed by atoms with Crippen LogP contribution in [0.1, 0.15) is 42.8 Å². The third-order valence-corrected chi connectivity index (χ3v) is 6.67. The Balaban J connectivity index is 0.000000317. The molecule has 0 amide bonds. The van der Waals surface area contributed by atoms with Crippen molar-refractivity contribution in [2.24, 2.45) is 0 Å². The minimum atomic E-state index is -5.08. The van der Waals surface area contributed by atoms with Gasteiger partial charge < -0.3 is 25.2 Å². The molecule has 2 aromatic rings. The number of hydrogen-bond donors (Lipinski definition) is 4. The van der Waals surface area contributed by atoms with E-state index < -0.39 is 24.3 Å². The van der Waals surface area contributed by atoms with Crippen molar-refractivity contribution in [1.82, 2.24) is 19.8 Å². The Kier molecular flexibility index (Phi) is 10.5. The summed E-state index contributed by atoms with van der Waals surface area (Å²) < 4.78 is 65.6. The molecule has 4 N–H and O–H groups in total. The van der Waals surface area contributed by atoms with Crippen molar-refractivity contribution in [1.29, 1.82) is 0 Å². The first kappa shape index (κ1) is 32.0. The number of rotatable bonds is 4. The van der Waals surface area contributed by atoms with E-state index in [0.717, 1.165) is 44.8 Å².